The molecule has 0 aliphatic carbocycles. The lowest BCUT2D eigenvalue weighted by atomic mass is 9.84. The molecule has 1 atom stereocenters. The molecule has 0 aliphatic rings. The van der Waals surface area contributed by atoms with Crippen LogP contribution < -0.4 is 5.32 Å². The molecule has 14 heavy (non-hydrogen) atoms. The fraction of sp³-hybridized carbons (Fsp3) is 0.778. The Morgan fingerprint density at radius 1 is 1.57 bits per heavy atom. The van der Waals surface area contributed by atoms with Crippen LogP contribution in [0.4, 0.5) is 0 Å². The van der Waals surface area contributed by atoms with Crippen molar-refractivity contribution in [2.45, 2.75) is 27.2 Å². The van der Waals surface area contributed by atoms with Gasteiger partial charge in [0.15, 0.2) is 5.17 Å². The maximum absolute atomic E-state index is 11.4. The Balaban J connectivity index is 4.66. The normalized spacial score (nSPS) is 15.1. The first-order chi connectivity index (χ1) is 6.31. The van der Waals surface area contributed by atoms with E-state index >= 15 is 0 Å². The standard InChI is InChI=1S/C9H17ClN2O2/c1-9(2,3)5-6(7(10)12-14)8(13)11-4/h6,14H,5H2,1-4H3,(H,11,13). The quantitative estimate of drug-likeness (QED) is 0.433. The van der Waals surface area contributed by atoms with Gasteiger partial charge in [0.1, 0.15) is 0 Å². The van der Waals surface area contributed by atoms with Gasteiger partial charge < -0.3 is 10.5 Å². The smallest absolute Gasteiger partial charge is 0.229 e. The van der Waals surface area contributed by atoms with Crippen molar-refractivity contribution < 1.29 is 10.0 Å². The molecule has 0 aromatic rings. The van der Waals surface area contributed by atoms with Crippen molar-refractivity contribution in [3.63, 3.8) is 0 Å². The highest BCUT2D eigenvalue weighted by Gasteiger charge is 2.28. The number of nitrogens with one attached hydrogen (secondary N) is 1. The fourth-order valence-electron chi connectivity index (χ4n) is 1.14. The molecule has 1 unspecified atom stereocenters. The van der Waals surface area contributed by atoms with Gasteiger partial charge in [0.05, 0.1) is 5.92 Å². The average molecular weight is 221 g/mol. The molecule has 82 valence electrons. The van der Waals surface area contributed by atoms with E-state index in [1.807, 2.05) is 20.8 Å². The first-order valence-corrected chi connectivity index (χ1v) is 4.78. The molecule has 0 spiro atoms. The van der Waals surface area contributed by atoms with Crippen molar-refractivity contribution in [3.05, 3.63) is 0 Å². The Morgan fingerprint density at radius 2 is 2.07 bits per heavy atom. The number of carbonyl (C=O) groups excluding carboxylic acids is 1. The summed E-state index contributed by atoms with van der Waals surface area (Å²) in [6.07, 6.45) is 0.537. The van der Waals surface area contributed by atoms with E-state index in [9.17, 15) is 4.79 Å². The van der Waals surface area contributed by atoms with Crippen LogP contribution in [0.5, 0.6) is 0 Å². The summed E-state index contributed by atoms with van der Waals surface area (Å²) in [5.74, 6) is -0.811. The van der Waals surface area contributed by atoms with Gasteiger partial charge >= 0.3 is 0 Å². The van der Waals surface area contributed by atoms with Crippen molar-refractivity contribution in [2.75, 3.05) is 7.05 Å². The minimum atomic E-state index is -0.577. The second-order valence-corrected chi connectivity index (χ2v) is 4.74. The third kappa shape index (κ3) is 4.46. The third-order valence-electron chi connectivity index (χ3n) is 1.76. The zero-order valence-corrected chi connectivity index (χ0v) is 9.72. The number of nitrogens with zero attached hydrogens (tertiary/aromatic N) is 1. The molecule has 1 amide bonds. The van der Waals surface area contributed by atoms with Crippen molar-refractivity contribution in [1.82, 2.24) is 5.32 Å². The maximum Gasteiger partial charge on any atom is 0.229 e. The van der Waals surface area contributed by atoms with Crippen molar-refractivity contribution in [2.24, 2.45) is 16.5 Å². The topological polar surface area (TPSA) is 61.7 Å². The van der Waals surface area contributed by atoms with E-state index in [1.165, 1.54) is 7.05 Å². The molecule has 0 aromatic carbocycles. The Labute approximate surface area is 89.3 Å². The zero-order valence-electron chi connectivity index (χ0n) is 8.97. The summed E-state index contributed by atoms with van der Waals surface area (Å²) >= 11 is 5.65. The summed E-state index contributed by atoms with van der Waals surface area (Å²) in [5, 5.41) is 13.8. The number of rotatable bonds is 3. The number of carbonyl (C=O) groups is 1. The van der Waals surface area contributed by atoms with Gasteiger partial charge in [-0.1, -0.05) is 37.5 Å². The van der Waals surface area contributed by atoms with Crippen LogP contribution in [-0.2, 0) is 4.79 Å². The molecular formula is C9H17ClN2O2. The van der Waals surface area contributed by atoms with Crippen LogP contribution >= 0.6 is 11.6 Å². The van der Waals surface area contributed by atoms with E-state index in [4.69, 9.17) is 16.8 Å². The SMILES string of the molecule is CNC(=O)C(CC(C)(C)C)C(Cl)=NO. The summed E-state index contributed by atoms with van der Waals surface area (Å²) in [6, 6.07) is 0. The van der Waals surface area contributed by atoms with Crippen molar-refractivity contribution >= 4 is 22.7 Å². The number of hydrogen-bond acceptors (Lipinski definition) is 3. The molecule has 0 saturated heterocycles. The van der Waals surface area contributed by atoms with E-state index in [0.717, 1.165) is 0 Å². The van der Waals surface area contributed by atoms with E-state index in [1.54, 1.807) is 0 Å². The number of amides is 1. The molecule has 0 rings (SSSR count). The predicted molar refractivity (Wildman–Crippen MR) is 56.7 cm³/mol. The number of hydrogen-bond donors (Lipinski definition) is 2. The predicted octanol–water partition coefficient (Wildman–Crippen LogP) is 1.81. The van der Waals surface area contributed by atoms with Crippen LogP contribution in [0.3, 0.4) is 0 Å². The molecule has 0 heterocycles. The molecule has 0 radical (unpaired) electrons. The summed E-state index contributed by atoms with van der Waals surface area (Å²) in [6.45, 7) is 5.97. The van der Waals surface area contributed by atoms with Gasteiger partial charge in [-0.25, -0.2) is 0 Å². The van der Waals surface area contributed by atoms with Gasteiger partial charge in [-0.3, -0.25) is 4.79 Å². The average Bonchev–Trinajstić information content (AvgIpc) is 2.10. The first kappa shape index (κ1) is 13.2. The zero-order chi connectivity index (χ0) is 11.4. The minimum absolute atomic E-state index is 0.0536. The molecular weight excluding hydrogens is 204 g/mol. The Bertz CT molecular complexity index is 233. The molecule has 0 bridgehead atoms. The summed E-state index contributed by atoms with van der Waals surface area (Å²) in [7, 11) is 1.53. The van der Waals surface area contributed by atoms with Gasteiger partial charge in [-0.15, -0.1) is 0 Å². The lowest BCUT2D eigenvalue weighted by molar-refractivity contribution is -0.123. The fourth-order valence-corrected chi connectivity index (χ4v) is 1.32. The van der Waals surface area contributed by atoms with Gasteiger partial charge in [0, 0.05) is 7.05 Å². The summed E-state index contributed by atoms with van der Waals surface area (Å²) < 4.78 is 0. The van der Waals surface area contributed by atoms with E-state index in [2.05, 4.69) is 10.5 Å². The van der Waals surface area contributed by atoms with Crippen molar-refractivity contribution in [3.8, 4) is 0 Å². The lowest BCUT2D eigenvalue weighted by Gasteiger charge is -2.23. The Hall–Kier alpha value is -0.770. The van der Waals surface area contributed by atoms with Crippen LogP contribution in [0.15, 0.2) is 5.16 Å². The Morgan fingerprint density at radius 3 is 2.36 bits per heavy atom. The van der Waals surface area contributed by atoms with E-state index in [-0.39, 0.29) is 16.5 Å². The minimum Gasteiger partial charge on any atom is -0.410 e. The lowest BCUT2D eigenvalue weighted by Crippen LogP contribution is -2.34. The molecule has 2 N–H and O–H groups in total. The summed E-state index contributed by atoms with van der Waals surface area (Å²) in [4.78, 5) is 11.4. The number of oxime groups is 1. The van der Waals surface area contributed by atoms with E-state index < -0.39 is 5.92 Å². The van der Waals surface area contributed by atoms with Crippen LogP contribution in [0.2, 0.25) is 0 Å². The van der Waals surface area contributed by atoms with Gasteiger partial charge in [-0.05, 0) is 11.8 Å². The third-order valence-corrected chi connectivity index (χ3v) is 2.10. The van der Waals surface area contributed by atoms with Gasteiger partial charge in [0.2, 0.25) is 5.91 Å². The van der Waals surface area contributed by atoms with Crippen LogP contribution in [0.1, 0.15) is 27.2 Å². The van der Waals surface area contributed by atoms with Gasteiger partial charge in [0.25, 0.3) is 0 Å². The highest BCUT2D eigenvalue weighted by molar-refractivity contribution is 6.67. The maximum atomic E-state index is 11.4. The second kappa shape index (κ2) is 5.20. The molecule has 0 saturated carbocycles. The second-order valence-electron chi connectivity index (χ2n) is 4.35. The van der Waals surface area contributed by atoms with E-state index in [0.29, 0.717) is 6.42 Å². The van der Waals surface area contributed by atoms with Crippen LogP contribution in [-0.4, -0.2) is 23.3 Å². The molecule has 4 nitrogen and oxygen atoms in total. The highest BCUT2D eigenvalue weighted by atomic mass is 35.5. The van der Waals surface area contributed by atoms with Crippen LogP contribution in [0.25, 0.3) is 0 Å². The molecule has 0 aromatic heterocycles. The van der Waals surface area contributed by atoms with Crippen molar-refractivity contribution in [1.29, 1.82) is 0 Å². The molecule has 0 aliphatic heterocycles. The van der Waals surface area contributed by atoms with Gasteiger partial charge in [-0.2, -0.15) is 0 Å². The number of halogens is 1. The summed E-state index contributed by atoms with van der Waals surface area (Å²) in [5.41, 5.74) is -0.0536. The first-order valence-electron chi connectivity index (χ1n) is 4.41. The highest BCUT2D eigenvalue weighted by Crippen LogP contribution is 2.26. The molecule has 5 heteroatoms. The Kier molecular flexibility index (Phi) is 4.91. The monoisotopic (exact) mass is 220 g/mol. The largest absolute Gasteiger partial charge is 0.410 e. The molecule has 0 fully saturated rings. The van der Waals surface area contributed by atoms with Crippen LogP contribution in [0, 0.1) is 11.3 Å².